The molecule has 0 fully saturated rings. The number of aliphatic hydroxyl groups excluding tert-OH is 1. The third-order valence-electron chi connectivity index (χ3n) is 2.50. The van der Waals surface area contributed by atoms with Gasteiger partial charge in [0.1, 0.15) is 0 Å². The molecule has 2 atom stereocenters. The quantitative estimate of drug-likeness (QED) is 0.611. The first-order valence-corrected chi connectivity index (χ1v) is 6.17. The van der Waals surface area contributed by atoms with Crippen LogP contribution in [0, 0.1) is 0 Å². The molecule has 0 saturated heterocycles. The van der Waals surface area contributed by atoms with Crippen LogP contribution < -0.4 is 0 Å². The zero-order valence-electron chi connectivity index (χ0n) is 11.8. The van der Waals surface area contributed by atoms with Crippen molar-refractivity contribution in [1.82, 2.24) is 0 Å². The molecule has 0 saturated carbocycles. The maximum absolute atomic E-state index is 9.79. The lowest BCUT2D eigenvalue weighted by Gasteiger charge is -2.20. The molecule has 3 N–H and O–H groups in total. The van der Waals surface area contributed by atoms with Gasteiger partial charge < -0.3 is 15.3 Å². The lowest BCUT2D eigenvalue weighted by molar-refractivity contribution is 0.0574. The number of hydrogen-bond acceptors (Lipinski definition) is 3. The molecule has 0 aliphatic heterocycles. The Kier molecular flexibility index (Phi) is 6.54. The van der Waals surface area contributed by atoms with Crippen LogP contribution in [0.5, 0.6) is 0 Å². The Morgan fingerprint density at radius 1 is 1.28 bits per heavy atom. The van der Waals surface area contributed by atoms with Crippen LogP contribution in [0.15, 0.2) is 36.5 Å². The Hall–Kier alpha value is -0.900. The van der Waals surface area contributed by atoms with Crippen LogP contribution in [0.3, 0.4) is 0 Å². The van der Waals surface area contributed by atoms with E-state index in [1.165, 1.54) is 6.08 Å². The van der Waals surface area contributed by atoms with Gasteiger partial charge in [-0.05, 0) is 34.1 Å². The molecule has 3 nitrogen and oxygen atoms in total. The van der Waals surface area contributed by atoms with Gasteiger partial charge in [-0.2, -0.15) is 0 Å². The Balaban J connectivity index is 4.34. The number of rotatable bonds is 7. The molecule has 0 aromatic rings. The first kappa shape index (κ1) is 17.1. The van der Waals surface area contributed by atoms with Gasteiger partial charge in [0.15, 0.2) is 0 Å². The second-order valence-electron chi connectivity index (χ2n) is 5.61. The highest BCUT2D eigenvalue weighted by Crippen LogP contribution is 2.16. The van der Waals surface area contributed by atoms with Crippen molar-refractivity contribution in [2.24, 2.45) is 0 Å². The fourth-order valence-electron chi connectivity index (χ4n) is 1.50. The van der Waals surface area contributed by atoms with Gasteiger partial charge in [0.25, 0.3) is 0 Å². The molecule has 0 heterocycles. The fourth-order valence-corrected chi connectivity index (χ4v) is 1.50. The van der Waals surface area contributed by atoms with Crippen molar-refractivity contribution in [1.29, 1.82) is 0 Å². The fraction of sp³-hybridized carbons (Fsp3) is 0.600. The first-order valence-electron chi connectivity index (χ1n) is 6.17. The molecule has 0 unspecified atom stereocenters. The summed E-state index contributed by atoms with van der Waals surface area (Å²) >= 11 is 0. The average Bonchev–Trinajstić information content (AvgIpc) is 2.14. The summed E-state index contributed by atoms with van der Waals surface area (Å²) in [5.74, 6) is 0. The molecular weight excluding hydrogens is 228 g/mol. The Morgan fingerprint density at radius 3 is 2.28 bits per heavy atom. The van der Waals surface area contributed by atoms with E-state index in [2.05, 4.69) is 6.58 Å². The van der Waals surface area contributed by atoms with Crippen molar-refractivity contribution in [2.75, 3.05) is 0 Å². The van der Waals surface area contributed by atoms with E-state index in [9.17, 15) is 15.3 Å². The number of aliphatic hydroxyl groups is 3. The smallest absolute Gasteiger partial charge is 0.0824 e. The number of allylic oxidation sites excluding steroid dienone is 2. The van der Waals surface area contributed by atoms with Crippen molar-refractivity contribution < 1.29 is 15.3 Å². The molecule has 0 aliphatic rings. The van der Waals surface area contributed by atoms with Crippen molar-refractivity contribution >= 4 is 0 Å². The van der Waals surface area contributed by atoms with Gasteiger partial charge in [0.2, 0.25) is 0 Å². The molecule has 0 radical (unpaired) electrons. The third kappa shape index (κ3) is 9.16. The summed E-state index contributed by atoms with van der Waals surface area (Å²) in [7, 11) is 0. The SMILES string of the molecule is C=C[C@@](C)(O)C[C@H](O)/C=C(\C)C/C=C/C(C)(C)O. The van der Waals surface area contributed by atoms with Crippen LogP contribution in [-0.4, -0.2) is 32.6 Å². The molecule has 0 amide bonds. The monoisotopic (exact) mass is 254 g/mol. The van der Waals surface area contributed by atoms with Crippen LogP contribution in [0.25, 0.3) is 0 Å². The van der Waals surface area contributed by atoms with Gasteiger partial charge in [0.05, 0.1) is 17.3 Å². The van der Waals surface area contributed by atoms with Crippen LogP contribution in [0.4, 0.5) is 0 Å². The van der Waals surface area contributed by atoms with E-state index < -0.39 is 17.3 Å². The summed E-state index contributed by atoms with van der Waals surface area (Å²) in [5, 5.41) is 29.0. The van der Waals surface area contributed by atoms with E-state index in [0.29, 0.717) is 6.42 Å². The summed E-state index contributed by atoms with van der Waals surface area (Å²) in [6.07, 6.45) is 6.91. The second kappa shape index (κ2) is 6.88. The molecule has 0 rings (SSSR count). The van der Waals surface area contributed by atoms with E-state index in [-0.39, 0.29) is 6.42 Å². The van der Waals surface area contributed by atoms with Gasteiger partial charge in [-0.15, -0.1) is 6.58 Å². The minimum Gasteiger partial charge on any atom is -0.389 e. The van der Waals surface area contributed by atoms with Gasteiger partial charge >= 0.3 is 0 Å². The van der Waals surface area contributed by atoms with Crippen molar-refractivity contribution in [2.45, 2.75) is 57.8 Å². The Labute approximate surface area is 110 Å². The minimum absolute atomic E-state index is 0.225. The van der Waals surface area contributed by atoms with Crippen LogP contribution >= 0.6 is 0 Å². The van der Waals surface area contributed by atoms with Crippen LogP contribution in [-0.2, 0) is 0 Å². The first-order chi connectivity index (χ1) is 8.06. The highest BCUT2D eigenvalue weighted by atomic mass is 16.3. The highest BCUT2D eigenvalue weighted by Gasteiger charge is 2.19. The lowest BCUT2D eigenvalue weighted by atomic mass is 9.97. The molecule has 0 spiro atoms. The van der Waals surface area contributed by atoms with E-state index in [1.807, 2.05) is 13.0 Å². The molecule has 0 aliphatic carbocycles. The number of hydrogen-bond donors (Lipinski definition) is 3. The molecule has 104 valence electrons. The molecule has 3 heteroatoms. The predicted octanol–water partition coefficient (Wildman–Crippen LogP) is 2.34. The maximum Gasteiger partial charge on any atom is 0.0824 e. The zero-order chi connectivity index (χ0) is 14.4. The highest BCUT2D eigenvalue weighted by molar-refractivity contribution is 5.10. The lowest BCUT2D eigenvalue weighted by Crippen LogP contribution is -2.26. The van der Waals surface area contributed by atoms with Crippen LogP contribution in [0.1, 0.15) is 40.5 Å². The van der Waals surface area contributed by atoms with E-state index in [1.54, 1.807) is 32.9 Å². The Morgan fingerprint density at radius 2 is 1.83 bits per heavy atom. The van der Waals surface area contributed by atoms with Crippen molar-refractivity contribution in [3.05, 3.63) is 36.5 Å². The minimum atomic E-state index is -1.06. The summed E-state index contributed by atoms with van der Waals surface area (Å²) in [4.78, 5) is 0. The van der Waals surface area contributed by atoms with Gasteiger partial charge in [-0.3, -0.25) is 0 Å². The molecule has 18 heavy (non-hydrogen) atoms. The summed E-state index contributed by atoms with van der Waals surface area (Å²) in [5.41, 5.74) is -0.882. The topological polar surface area (TPSA) is 60.7 Å². The van der Waals surface area contributed by atoms with Crippen molar-refractivity contribution in [3.63, 3.8) is 0 Å². The summed E-state index contributed by atoms with van der Waals surface area (Å²) in [6, 6.07) is 0. The molecule has 0 aromatic carbocycles. The average molecular weight is 254 g/mol. The molecular formula is C15H26O3. The van der Waals surface area contributed by atoms with Crippen molar-refractivity contribution in [3.8, 4) is 0 Å². The van der Waals surface area contributed by atoms with E-state index in [4.69, 9.17) is 0 Å². The van der Waals surface area contributed by atoms with Gasteiger partial charge in [0, 0.05) is 6.42 Å². The van der Waals surface area contributed by atoms with Crippen LogP contribution in [0.2, 0.25) is 0 Å². The van der Waals surface area contributed by atoms with E-state index in [0.717, 1.165) is 5.57 Å². The Bertz CT molecular complexity index is 319. The maximum atomic E-state index is 9.79. The predicted molar refractivity (Wildman–Crippen MR) is 75.3 cm³/mol. The third-order valence-corrected chi connectivity index (χ3v) is 2.50. The molecule has 0 aromatic heterocycles. The van der Waals surface area contributed by atoms with E-state index >= 15 is 0 Å². The largest absolute Gasteiger partial charge is 0.389 e. The van der Waals surface area contributed by atoms with Gasteiger partial charge in [-0.25, -0.2) is 0 Å². The zero-order valence-corrected chi connectivity index (χ0v) is 11.8. The standard InChI is InChI=1S/C15H26O3/c1-6-15(5,18)11-13(16)10-12(2)8-7-9-14(3,4)17/h6-7,9-10,13,16-18H,1,8,11H2,2-5H3/b9-7+,12-10+/t13-,15-/m1/s1. The van der Waals surface area contributed by atoms with Gasteiger partial charge in [-0.1, -0.05) is 29.9 Å². The summed E-state index contributed by atoms with van der Waals surface area (Å²) < 4.78 is 0. The second-order valence-corrected chi connectivity index (χ2v) is 5.61. The normalized spacial score (nSPS) is 18.7. The molecule has 0 bridgehead atoms. The summed E-state index contributed by atoms with van der Waals surface area (Å²) in [6.45, 7) is 10.4.